The van der Waals surface area contributed by atoms with Gasteiger partial charge in [0.15, 0.2) is 0 Å². The van der Waals surface area contributed by atoms with Gasteiger partial charge in [-0.1, -0.05) is 12.2 Å². The summed E-state index contributed by atoms with van der Waals surface area (Å²) in [6.45, 7) is 0. The summed E-state index contributed by atoms with van der Waals surface area (Å²) in [5, 5.41) is 43.6. The molecule has 152 valence electrons. The summed E-state index contributed by atoms with van der Waals surface area (Å²) < 4.78 is 0. The lowest BCUT2D eigenvalue weighted by Gasteiger charge is -2.23. The number of hydrogen-bond acceptors (Lipinski definition) is 5. The van der Waals surface area contributed by atoms with Crippen LogP contribution < -0.4 is 0 Å². The zero-order valence-corrected chi connectivity index (χ0v) is 16.6. The average molecular weight is 397 g/mol. The van der Waals surface area contributed by atoms with Crippen LogP contribution in [0, 0.1) is 11.8 Å². The molecular weight excluding hydrogens is 364 g/mol. The van der Waals surface area contributed by atoms with Gasteiger partial charge in [0.1, 0.15) is 0 Å². The zero-order valence-electron chi connectivity index (χ0n) is 15.7. The Kier molecular flexibility index (Phi) is 9.48. The van der Waals surface area contributed by atoms with Crippen LogP contribution in [0.25, 0.3) is 0 Å². The lowest BCUT2D eigenvalue weighted by Crippen LogP contribution is -2.23. The predicted octanol–water partition coefficient (Wildman–Crippen LogP) is 3.38. The van der Waals surface area contributed by atoms with Gasteiger partial charge in [0, 0.05) is 6.42 Å². The highest BCUT2D eigenvalue weighted by molar-refractivity contribution is 7.07. The predicted molar refractivity (Wildman–Crippen MR) is 107 cm³/mol. The molecule has 1 aromatic rings. The Bertz CT molecular complexity index is 571. The van der Waals surface area contributed by atoms with Crippen LogP contribution in [0.1, 0.15) is 56.9 Å². The number of aliphatic hydroxyl groups is 3. The van der Waals surface area contributed by atoms with Crippen LogP contribution in [0.5, 0.6) is 0 Å². The molecule has 4 N–H and O–H groups in total. The second-order valence-electron chi connectivity index (χ2n) is 7.59. The Labute approximate surface area is 165 Å². The van der Waals surface area contributed by atoms with E-state index < -0.39 is 18.2 Å². The summed E-state index contributed by atoms with van der Waals surface area (Å²) in [7, 11) is 0. The van der Waals surface area contributed by atoms with E-state index in [2.05, 4.69) is 11.4 Å². The van der Waals surface area contributed by atoms with Gasteiger partial charge < -0.3 is 20.4 Å². The topological polar surface area (TPSA) is 98.0 Å². The summed E-state index contributed by atoms with van der Waals surface area (Å²) in [6.07, 6.45) is 8.03. The number of thiophene rings is 1. The number of hydrogen-bond donors (Lipinski definition) is 4. The molecule has 0 aliphatic heterocycles. The molecule has 0 radical (unpaired) electrons. The maximum absolute atomic E-state index is 10.5. The zero-order chi connectivity index (χ0) is 19.6. The van der Waals surface area contributed by atoms with Crippen molar-refractivity contribution in [2.45, 2.75) is 76.1 Å². The molecule has 27 heavy (non-hydrogen) atoms. The van der Waals surface area contributed by atoms with Crippen molar-refractivity contribution in [2.24, 2.45) is 11.8 Å². The first-order valence-electron chi connectivity index (χ1n) is 9.89. The Morgan fingerprint density at radius 1 is 1.22 bits per heavy atom. The van der Waals surface area contributed by atoms with Crippen LogP contribution in [-0.4, -0.2) is 44.7 Å². The van der Waals surface area contributed by atoms with Crippen molar-refractivity contribution < 1.29 is 25.2 Å². The summed E-state index contributed by atoms with van der Waals surface area (Å²) >= 11 is 1.66. The Balaban J connectivity index is 1.73. The molecule has 5 nitrogen and oxygen atoms in total. The van der Waals surface area contributed by atoms with Crippen LogP contribution in [0.4, 0.5) is 0 Å². The van der Waals surface area contributed by atoms with Crippen molar-refractivity contribution in [3.05, 3.63) is 34.5 Å². The van der Waals surface area contributed by atoms with Gasteiger partial charge in [0.25, 0.3) is 0 Å². The van der Waals surface area contributed by atoms with E-state index in [1.807, 2.05) is 17.5 Å². The van der Waals surface area contributed by atoms with Crippen LogP contribution in [-0.2, 0) is 11.2 Å². The third-order valence-corrected chi connectivity index (χ3v) is 6.27. The Morgan fingerprint density at radius 2 is 2.00 bits per heavy atom. The summed E-state index contributed by atoms with van der Waals surface area (Å²) in [6, 6.07) is 2.08. The van der Waals surface area contributed by atoms with Gasteiger partial charge in [-0.25, -0.2) is 0 Å². The monoisotopic (exact) mass is 396 g/mol. The van der Waals surface area contributed by atoms with Crippen molar-refractivity contribution in [3.8, 4) is 0 Å². The van der Waals surface area contributed by atoms with Crippen LogP contribution in [0.2, 0.25) is 0 Å². The van der Waals surface area contributed by atoms with Gasteiger partial charge in [-0.3, -0.25) is 4.79 Å². The number of aliphatic hydroxyl groups excluding tert-OH is 3. The average Bonchev–Trinajstić information content (AvgIpc) is 3.22. The Hall–Kier alpha value is -1.21. The van der Waals surface area contributed by atoms with Crippen molar-refractivity contribution >= 4 is 17.3 Å². The summed E-state index contributed by atoms with van der Waals surface area (Å²) in [4.78, 5) is 10.5. The van der Waals surface area contributed by atoms with Crippen molar-refractivity contribution in [1.29, 1.82) is 0 Å². The lowest BCUT2D eigenvalue weighted by atomic mass is 9.85. The van der Waals surface area contributed by atoms with Crippen LogP contribution >= 0.6 is 11.3 Å². The molecule has 6 heteroatoms. The van der Waals surface area contributed by atoms with Crippen LogP contribution in [0.15, 0.2) is 29.0 Å². The summed E-state index contributed by atoms with van der Waals surface area (Å²) in [5.41, 5.74) is 1.25. The summed E-state index contributed by atoms with van der Waals surface area (Å²) in [5.74, 6) is -0.783. The molecule has 1 saturated carbocycles. The molecule has 1 aromatic heterocycles. The fraction of sp³-hybridized carbons (Fsp3) is 0.667. The highest BCUT2D eigenvalue weighted by Gasteiger charge is 2.40. The fourth-order valence-corrected chi connectivity index (χ4v) is 4.65. The van der Waals surface area contributed by atoms with Crippen molar-refractivity contribution in [1.82, 2.24) is 0 Å². The number of allylic oxidation sites excluding steroid dienone is 2. The minimum atomic E-state index is -0.782. The normalized spacial score (nSPS) is 26.6. The first-order chi connectivity index (χ1) is 13.0. The number of carboxylic acid groups (broad SMARTS) is 1. The molecule has 0 aromatic carbocycles. The molecule has 0 bridgehead atoms. The van der Waals surface area contributed by atoms with E-state index in [-0.39, 0.29) is 24.4 Å². The fourth-order valence-electron chi connectivity index (χ4n) is 3.95. The Morgan fingerprint density at radius 3 is 2.70 bits per heavy atom. The first-order valence-corrected chi connectivity index (χ1v) is 10.8. The van der Waals surface area contributed by atoms with Crippen molar-refractivity contribution in [2.75, 3.05) is 0 Å². The number of carbonyl (C=O) groups is 1. The van der Waals surface area contributed by atoms with Crippen molar-refractivity contribution in [3.63, 3.8) is 0 Å². The van der Waals surface area contributed by atoms with Gasteiger partial charge in [0.05, 0.1) is 18.3 Å². The van der Waals surface area contributed by atoms with Gasteiger partial charge in [-0.05, 0) is 85.6 Å². The second-order valence-corrected chi connectivity index (χ2v) is 8.37. The maximum Gasteiger partial charge on any atom is 0.303 e. The van der Waals surface area contributed by atoms with Gasteiger partial charge in [0.2, 0.25) is 0 Å². The van der Waals surface area contributed by atoms with Gasteiger partial charge in [-0.15, -0.1) is 0 Å². The minimum Gasteiger partial charge on any atom is -0.481 e. The van der Waals surface area contributed by atoms with E-state index in [9.17, 15) is 20.1 Å². The maximum atomic E-state index is 10.5. The number of carboxylic acids is 1. The number of rotatable bonds is 12. The smallest absolute Gasteiger partial charge is 0.303 e. The molecule has 0 unspecified atom stereocenters. The van der Waals surface area contributed by atoms with Gasteiger partial charge >= 0.3 is 5.97 Å². The standard InChI is InChI=1S/C21H32O5S/c22-16(8-7-15-11-12-27-14-15)9-10-18-17(19(23)13-20(18)24)5-3-1-2-4-6-21(25)26/h1,3,11-12,14,16-20,22-24H,2,4-10,13H2,(H,25,26)/t16-,17+,18+,19-,20+/m0/s1. The van der Waals surface area contributed by atoms with Gasteiger partial charge in [-0.2, -0.15) is 11.3 Å². The quantitative estimate of drug-likeness (QED) is 0.321. The SMILES string of the molecule is O=C(O)CCCC=CC[C@@H]1[C@@H](CC[C@@H](O)CCc2ccsc2)[C@H](O)C[C@@H]1O. The molecule has 1 aliphatic rings. The molecule has 2 rings (SSSR count). The molecule has 0 amide bonds. The molecule has 0 saturated heterocycles. The molecular formula is C21H32O5S. The highest BCUT2D eigenvalue weighted by atomic mass is 32.1. The van der Waals surface area contributed by atoms with Crippen LogP contribution in [0.3, 0.4) is 0 Å². The number of aliphatic carboxylic acids is 1. The second kappa shape index (κ2) is 11.6. The first kappa shape index (κ1) is 22.1. The highest BCUT2D eigenvalue weighted by Crippen LogP contribution is 2.38. The van der Waals surface area contributed by atoms with E-state index in [4.69, 9.17) is 5.11 Å². The largest absolute Gasteiger partial charge is 0.481 e. The molecule has 1 fully saturated rings. The van der Waals surface area contributed by atoms with E-state index in [1.54, 1.807) is 11.3 Å². The molecule has 1 aliphatic carbocycles. The van der Waals surface area contributed by atoms with E-state index >= 15 is 0 Å². The van der Waals surface area contributed by atoms with E-state index in [0.717, 1.165) is 12.8 Å². The molecule has 5 atom stereocenters. The third-order valence-electron chi connectivity index (χ3n) is 5.54. The third kappa shape index (κ3) is 7.74. The molecule has 1 heterocycles. The number of aryl methyl sites for hydroxylation is 1. The minimum absolute atomic E-state index is 0.000187. The van der Waals surface area contributed by atoms with E-state index in [0.29, 0.717) is 38.5 Å². The molecule has 0 spiro atoms. The van der Waals surface area contributed by atoms with E-state index in [1.165, 1.54) is 5.56 Å². The lowest BCUT2D eigenvalue weighted by molar-refractivity contribution is -0.137. The number of unbranched alkanes of at least 4 members (excludes halogenated alkanes) is 1.